The third-order valence-electron chi connectivity index (χ3n) is 3.00. The maximum Gasteiger partial charge on any atom is 0.329 e. The van der Waals surface area contributed by atoms with Gasteiger partial charge in [0.05, 0.1) is 0 Å². The Kier molecular flexibility index (Phi) is 6.03. The topological polar surface area (TPSA) is 75.6 Å². The molecule has 6 heteroatoms. The summed E-state index contributed by atoms with van der Waals surface area (Å²) in [6.07, 6.45) is 0. The van der Waals surface area contributed by atoms with E-state index in [0.717, 1.165) is 11.1 Å². The van der Waals surface area contributed by atoms with Crippen LogP contribution in [0, 0.1) is 6.92 Å². The Bertz CT molecular complexity index is 543. The zero-order chi connectivity index (χ0) is 16.2. The lowest BCUT2D eigenvalue weighted by atomic mass is 10.0. The number of ether oxygens (including phenoxy) is 1. The summed E-state index contributed by atoms with van der Waals surface area (Å²) in [5, 5.41) is 12.0. The van der Waals surface area contributed by atoms with E-state index >= 15 is 0 Å². The normalized spacial score (nSPS) is 12.1. The third-order valence-corrected chi connectivity index (χ3v) is 3.32. The molecule has 0 spiro atoms. The average molecular weight is 314 g/mol. The van der Waals surface area contributed by atoms with E-state index in [9.17, 15) is 9.59 Å². The van der Waals surface area contributed by atoms with Crippen molar-refractivity contribution in [3.05, 3.63) is 28.3 Å². The van der Waals surface area contributed by atoms with E-state index < -0.39 is 17.9 Å². The van der Waals surface area contributed by atoms with E-state index in [2.05, 4.69) is 5.32 Å². The van der Waals surface area contributed by atoms with Gasteiger partial charge in [-0.2, -0.15) is 0 Å². The van der Waals surface area contributed by atoms with Crippen LogP contribution in [-0.2, 0) is 9.59 Å². The first kappa shape index (κ1) is 17.3. The van der Waals surface area contributed by atoms with Gasteiger partial charge in [-0.25, -0.2) is 4.79 Å². The van der Waals surface area contributed by atoms with E-state index in [4.69, 9.17) is 21.4 Å². The first-order chi connectivity index (χ1) is 9.72. The first-order valence-corrected chi connectivity index (χ1v) is 7.03. The standard InChI is InChI=1S/C15H20ClNO4/c1-8(2)11-6-14(9(3)5-12(11)16)21-7-13(15(19)20)17-10(4)18/h5-6,8,13H,7H2,1-4H3,(H,17,18)(H,19,20). The van der Waals surface area contributed by atoms with E-state index in [1.807, 2.05) is 26.8 Å². The van der Waals surface area contributed by atoms with Crippen LogP contribution in [0.3, 0.4) is 0 Å². The van der Waals surface area contributed by atoms with Crippen molar-refractivity contribution in [1.29, 1.82) is 0 Å². The zero-order valence-corrected chi connectivity index (χ0v) is 13.3. The highest BCUT2D eigenvalue weighted by Gasteiger charge is 2.20. The summed E-state index contributed by atoms with van der Waals surface area (Å²) in [5.74, 6) is -0.756. The molecule has 1 atom stereocenters. The number of amides is 1. The molecule has 1 amide bonds. The molecule has 0 radical (unpaired) electrons. The molecular weight excluding hydrogens is 294 g/mol. The van der Waals surface area contributed by atoms with Crippen molar-refractivity contribution in [3.63, 3.8) is 0 Å². The lowest BCUT2D eigenvalue weighted by Gasteiger charge is -2.18. The molecule has 1 aromatic carbocycles. The maximum atomic E-state index is 11.1. The van der Waals surface area contributed by atoms with Crippen molar-refractivity contribution in [2.45, 2.75) is 39.7 Å². The Morgan fingerprint density at radius 3 is 2.48 bits per heavy atom. The summed E-state index contributed by atoms with van der Waals surface area (Å²) in [4.78, 5) is 22.0. The van der Waals surface area contributed by atoms with Crippen molar-refractivity contribution in [3.8, 4) is 5.75 Å². The molecule has 0 aliphatic heterocycles. The highest BCUT2D eigenvalue weighted by Crippen LogP contribution is 2.31. The fourth-order valence-electron chi connectivity index (χ4n) is 1.86. The van der Waals surface area contributed by atoms with Crippen LogP contribution in [0.2, 0.25) is 5.02 Å². The Morgan fingerprint density at radius 2 is 2.00 bits per heavy atom. The Balaban J connectivity index is 2.89. The van der Waals surface area contributed by atoms with Gasteiger partial charge in [0.1, 0.15) is 12.4 Å². The number of nitrogens with one attached hydrogen (secondary N) is 1. The van der Waals surface area contributed by atoms with E-state index in [-0.39, 0.29) is 12.5 Å². The quantitative estimate of drug-likeness (QED) is 0.846. The summed E-state index contributed by atoms with van der Waals surface area (Å²) >= 11 is 6.17. The van der Waals surface area contributed by atoms with Gasteiger partial charge in [0, 0.05) is 11.9 Å². The van der Waals surface area contributed by atoms with Crippen molar-refractivity contribution >= 4 is 23.5 Å². The maximum absolute atomic E-state index is 11.1. The van der Waals surface area contributed by atoms with Crippen LogP contribution in [0.4, 0.5) is 0 Å². The van der Waals surface area contributed by atoms with Gasteiger partial charge in [0.2, 0.25) is 5.91 Å². The van der Waals surface area contributed by atoms with Gasteiger partial charge >= 0.3 is 5.97 Å². The van der Waals surface area contributed by atoms with Crippen molar-refractivity contribution in [2.75, 3.05) is 6.61 Å². The SMILES string of the molecule is CC(=O)NC(COc1cc(C(C)C)c(Cl)cc1C)C(=O)O. The molecule has 0 fully saturated rings. The molecule has 116 valence electrons. The molecule has 2 N–H and O–H groups in total. The van der Waals surface area contributed by atoms with Crippen molar-refractivity contribution < 1.29 is 19.4 Å². The van der Waals surface area contributed by atoms with Gasteiger partial charge in [-0.05, 0) is 36.1 Å². The van der Waals surface area contributed by atoms with Crippen LogP contribution in [0.15, 0.2) is 12.1 Å². The second-order valence-corrected chi connectivity index (χ2v) is 5.60. The first-order valence-electron chi connectivity index (χ1n) is 6.65. The Morgan fingerprint density at radius 1 is 1.38 bits per heavy atom. The molecule has 1 rings (SSSR count). The summed E-state index contributed by atoms with van der Waals surface area (Å²) in [7, 11) is 0. The third kappa shape index (κ3) is 4.93. The summed E-state index contributed by atoms with van der Waals surface area (Å²) in [5.41, 5.74) is 1.75. The number of aryl methyl sites for hydroxylation is 1. The highest BCUT2D eigenvalue weighted by atomic mass is 35.5. The van der Waals surface area contributed by atoms with Crippen LogP contribution in [0.25, 0.3) is 0 Å². The minimum atomic E-state index is -1.14. The van der Waals surface area contributed by atoms with Gasteiger partial charge in [-0.1, -0.05) is 25.4 Å². The monoisotopic (exact) mass is 313 g/mol. The number of benzene rings is 1. The lowest BCUT2D eigenvalue weighted by Crippen LogP contribution is -2.43. The second kappa shape index (κ2) is 7.31. The largest absolute Gasteiger partial charge is 0.491 e. The van der Waals surface area contributed by atoms with E-state index in [1.165, 1.54) is 6.92 Å². The molecule has 1 unspecified atom stereocenters. The fourth-order valence-corrected chi connectivity index (χ4v) is 2.30. The van der Waals surface area contributed by atoms with E-state index in [1.54, 1.807) is 6.07 Å². The molecule has 1 aromatic rings. The van der Waals surface area contributed by atoms with Crippen LogP contribution in [-0.4, -0.2) is 29.6 Å². The molecule has 21 heavy (non-hydrogen) atoms. The Hall–Kier alpha value is -1.75. The number of carboxylic acids is 1. The molecule has 0 saturated carbocycles. The number of aliphatic carboxylic acids is 1. The molecule has 0 aromatic heterocycles. The second-order valence-electron chi connectivity index (χ2n) is 5.20. The van der Waals surface area contributed by atoms with Crippen molar-refractivity contribution in [2.24, 2.45) is 0 Å². The van der Waals surface area contributed by atoms with E-state index in [0.29, 0.717) is 10.8 Å². The van der Waals surface area contributed by atoms with Crippen LogP contribution < -0.4 is 10.1 Å². The minimum absolute atomic E-state index is 0.144. The number of carboxylic acid groups (broad SMARTS) is 1. The van der Waals surface area contributed by atoms with Gasteiger partial charge in [-0.15, -0.1) is 0 Å². The molecule has 0 aliphatic rings. The molecule has 0 aliphatic carbocycles. The number of carbonyl (C=O) groups is 2. The molecule has 0 bridgehead atoms. The number of hydrogen-bond acceptors (Lipinski definition) is 3. The van der Waals surface area contributed by atoms with Gasteiger partial charge < -0.3 is 15.2 Å². The van der Waals surface area contributed by atoms with Gasteiger partial charge in [0.25, 0.3) is 0 Å². The predicted molar refractivity (Wildman–Crippen MR) is 81.0 cm³/mol. The average Bonchev–Trinajstić information content (AvgIpc) is 2.34. The Labute approximate surface area is 129 Å². The smallest absolute Gasteiger partial charge is 0.329 e. The fraction of sp³-hybridized carbons (Fsp3) is 0.467. The summed E-state index contributed by atoms with van der Waals surface area (Å²) in [6, 6.07) is 2.52. The number of rotatable bonds is 6. The van der Waals surface area contributed by atoms with Crippen LogP contribution >= 0.6 is 11.6 Å². The number of halogens is 1. The molecule has 5 nitrogen and oxygen atoms in total. The minimum Gasteiger partial charge on any atom is -0.491 e. The van der Waals surface area contributed by atoms with Gasteiger partial charge in [0.15, 0.2) is 6.04 Å². The molecule has 0 heterocycles. The van der Waals surface area contributed by atoms with Crippen molar-refractivity contribution in [1.82, 2.24) is 5.32 Å². The van der Waals surface area contributed by atoms with Crippen LogP contribution in [0.1, 0.15) is 37.8 Å². The van der Waals surface area contributed by atoms with Gasteiger partial charge in [-0.3, -0.25) is 4.79 Å². The lowest BCUT2D eigenvalue weighted by molar-refractivity contribution is -0.142. The predicted octanol–water partition coefficient (Wildman–Crippen LogP) is 2.74. The molecule has 0 saturated heterocycles. The summed E-state index contributed by atoms with van der Waals surface area (Å²) < 4.78 is 5.55. The number of carbonyl (C=O) groups excluding carboxylic acids is 1. The zero-order valence-electron chi connectivity index (χ0n) is 12.6. The van der Waals surface area contributed by atoms with Crippen LogP contribution in [0.5, 0.6) is 5.75 Å². The highest BCUT2D eigenvalue weighted by molar-refractivity contribution is 6.31. The number of hydrogen-bond donors (Lipinski definition) is 2. The summed E-state index contributed by atoms with van der Waals surface area (Å²) in [6.45, 7) is 6.98. The molecular formula is C15H20ClNO4.